The van der Waals surface area contributed by atoms with Crippen molar-refractivity contribution in [2.45, 2.75) is 31.2 Å². The van der Waals surface area contributed by atoms with Gasteiger partial charge in [-0.25, -0.2) is 13.1 Å². The van der Waals surface area contributed by atoms with Crippen LogP contribution in [0.3, 0.4) is 0 Å². The van der Waals surface area contributed by atoms with Crippen molar-refractivity contribution in [1.29, 1.82) is 0 Å². The van der Waals surface area contributed by atoms with Crippen molar-refractivity contribution in [3.05, 3.63) is 11.4 Å². The number of nitrogens with one attached hydrogen (secondary N) is 3. The van der Waals surface area contributed by atoms with Crippen molar-refractivity contribution < 1.29 is 13.2 Å². The summed E-state index contributed by atoms with van der Waals surface area (Å²) in [5, 5.41) is 9.05. The van der Waals surface area contributed by atoms with E-state index in [0.29, 0.717) is 17.9 Å². The first-order chi connectivity index (χ1) is 7.90. The third-order valence-corrected chi connectivity index (χ3v) is 4.41. The van der Waals surface area contributed by atoms with E-state index < -0.39 is 10.0 Å². The zero-order chi connectivity index (χ0) is 12.6. The number of rotatable bonds is 3. The first kappa shape index (κ1) is 12.1. The van der Waals surface area contributed by atoms with E-state index in [9.17, 15) is 13.2 Å². The molecule has 1 atom stereocenters. The van der Waals surface area contributed by atoms with Crippen LogP contribution in [0.15, 0.2) is 4.90 Å². The molecule has 1 amide bonds. The van der Waals surface area contributed by atoms with Gasteiger partial charge in [0.25, 0.3) is 0 Å². The number of hydrogen-bond donors (Lipinski definition) is 3. The van der Waals surface area contributed by atoms with E-state index in [1.165, 1.54) is 0 Å². The molecular formula is C9H14N4O3S. The van der Waals surface area contributed by atoms with Gasteiger partial charge in [0.2, 0.25) is 15.9 Å². The molecule has 2 rings (SSSR count). The Bertz CT molecular complexity index is 529. The maximum atomic E-state index is 12.1. The number of aromatic nitrogens is 2. The highest BCUT2D eigenvalue weighted by atomic mass is 32.2. The highest BCUT2D eigenvalue weighted by Gasteiger charge is 2.29. The minimum Gasteiger partial charge on any atom is -0.354 e. The number of sulfonamides is 1. The van der Waals surface area contributed by atoms with Crippen LogP contribution in [0.2, 0.25) is 0 Å². The SMILES string of the molecule is Cc1n[nH]c(C)c1S(=O)(=O)NC1CNC(=O)C1. The Morgan fingerprint density at radius 2 is 2.12 bits per heavy atom. The van der Waals surface area contributed by atoms with Gasteiger partial charge in [-0.3, -0.25) is 9.89 Å². The number of carbonyl (C=O) groups is 1. The minimum absolute atomic E-state index is 0.140. The van der Waals surface area contributed by atoms with Gasteiger partial charge in [0.15, 0.2) is 0 Å². The average Bonchev–Trinajstić information content (AvgIpc) is 2.73. The zero-order valence-electron chi connectivity index (χ0n) is 9.57. The molecule has 0 spiro atoms. The number of amides is 1. The quantitative estimate of drug-likeness (QED) is 0.659. The second-order valence-electron chi connectivity index (χ2n) is 4.09. The second kappa shape index (κ2) is 4.11. The highest BCUT2D eigenvalue weighted by molar-refractivity contribution is 7.89. The Morgan fingerprint density at radius 3 is 2.59 bits per heavy atom. The van der Waals surface area contributed by atoms with E-state index in [2.05, 4.69) is 20.2 Å². The molecule has 1 aliphatic rings. The number of aromatic amines is 1. The van der Waals surface area contributed by atoms with Crippen LogP contribution in [-0.4, -0.2) is 37.1 Å². The molecule has 1 saturated heterocycles. The molecule has 0 bridgehead atoms. The Balaban J connectivity index is 2.23. The van der Waals surface area contributed by atoms with Crippen molar-refractivity contribution >= 4 is 15.9 Å². The molecule has 1 aliphatic heterocycles. The van der Waals surface area contributed by atoms with Gasteiger partial charge >= 0.3 is 0 Å². The van der Waals surface area contributed by atoms with Gasteiger partial charge in [-0.1, -0.05) is 0 Å². The van der Waals surface area contributed by atoms with E-state index >= 15 is 0 Å². The third kappa shape index (κ3) is 2.32. The van der Waals surface area contributed by atoms with Crippen LogP contribution in [0, 0.1) is 13.8 Å². The molecule has 17 heavy (non-hydrogen) atoms. The number of hydrogen-bond acceptors (Lipinski definition) is 4. The van der Waals surface area contributed by atoms with E-state index in [0.717, 1.165) is 0 Å². The van der Waals surface area contributed by atoms with E-state index in [1.54, 1.807) is 13.8 Å². The summed E-state index contributed by atoms with van der Waals surface area (Å²) >= 11 is 0. The van der Waals surface area contributed by atoms with Crippen molar-refractivity contribution in [1.82, 2.24) is 20.2 Å². The minimum atomic E-state index is -3.62. The molecule has 0 aliphatic carbocycles. The van der Waals surface area contributed by atoms with Crippen molar-refractivity contribution in [2.75, 3.05) is 6.54 Å². The number of carbonyl (C=O) groups excluding carboxylic acids is 1. The lowest BCUT2D eigenvalue weighted by atomic mass is 10.3. The van der Waals surface area contributed by atoms with Crippen LogP contribution in [0.5, 0.6) is 0 Å². The van der Waals surface area contributed by atoms with Crippen LogP contribution in [0.4, 0.5) is 0 Å². The molecule has 1 unspecified atom stereocenters. The molecule has 0 aromatic carbocycles. The van der Waals surface area contributed by atoms with Gasteiger partial charge < -0.3 is 5.32 Å². The third-order valence-electron chi connectivity index (χ3n) is 2.63. The number of H-pyrrole nitrogens is 1. The van der Waals surface area contributed by atoms with Gasteiger partial charge in [-0.05, 0) is 13.8 Å². The summed E-state index contributed by atoms with van der Waals surface area (Å²) in [5.74, 6) is -0.140. The standard InChI is InChI=1S/C9H14N4O3S/c1-5-9(6(2)12-11-5)17(15,16)13-7-3-8(14)10-4-7/h7,13H,3-4H2,1-2H3,(H,10,14)(H,11,12). The maximum Gasteiger partial charge on any atom is 0.244 e. The second-order valence-corrected chi connectivity index (χ2v) is 5.74. The molecule has 0 saturated carbocycles. The van der Waals surface area contributed by atoms with Gasteiger partial charge in [-0.15, -0.1) is 0 Å². The summed E-state index contributed by atoms with van der Waals surface area (Å²) in [6, 6.07) is -0.388. The maximum absolute atomic E-state index is 12.1. The van der Waals surface area contributed by atoms with Gasteiger partial charge in [-0.2, -0.15) is 5.10 Å². The van der Waals surface area contributed by atoms with Crippen LogP contribution < -0.4 is 10.0 Å². The number of aryl methyl sites for hydroxylation is 2. The molecule has 94 valence electrons. The normalized spacial score (nSPS) is 20.6. The van der Waals surface area contributed by atoms with Crippen molar-refractivity contribution in [3.63, 3.8) is 0 Å². The van der Waals surface area contributed by atoms with Crippen LogP contribution in [0.25, 0.3) is 0 Å². The van der Waals surface area contributed by atoms with Crippen molar-refractivity contribution in [2.24, 2.45) is 0 Å². The summed E-state index contributed by atoms with van der Waals surface area (Å²) in [5.41, 5.74) is 0.916. The topological polar surface area (TPSA) is 104 Å². The fourth-order valence-corrected chi connectivity index (χ4v) is 3.51. The molecule has 0 radical (unpaired) electrons. The molecule has 3 N–H and O–H groups in total. The average molecular weight is 258 g/mol. The molecule has 7 nitrogen and oxygen atoms in total. The molecule has 8 heteroatoms. The zero-order valence-corrected chi connectivity index (χ0v) is 10.4. The van der Waals surface area contributed by atoms with Crippen LogP contribution in [0.1, 0.15) is 17.8 Å². The van der Waals surface area contributed by atoms with Gasteiger partial charge in [0, 0.05) is 19.0 Å². The summed E-state index contributed by atoms with van der Waals surface area (Å²) in [7, 11) is -3.62. The fourth-order valence-electron chi connectivity index (χ4n) is 1.90. The summed E-state index contributed by atoms with van der Waals surface area (Å²) < 4.78 is 26.7. The largest absolute Gasteiger partial charge is 0.354 e. The lowest BCUT2D eigenvalue weighted by Gasteiger charge is -2.11. The summed E-state index contributed by atoms with van der Waals surface area (Å²) in [4.78, 5) is 11.2. The van der Waals surface area contributed by atoms with Crippen LogP contribution >= 0.6 is 0 Å². The Hall–Kier alpha value is -1.41. The predicted octanol–water partition coefficient (Wildman–Crippen LogP) is -0.807. The monoisotopic (exact) mass is 258 g/mol. The molecule has 1 aromatic heterocycles. The first-order valence-corrected chi connectivity index (χ1v) is 6.69. The van der Waals surface area contributed by atoms with Gasteiger partial charge in [0.05, 0.1) is 11.4 Å². The van der Waals surface area contributed by atoms with Gasteiger partial charge in [0.1, 0.15) is 4.90 Å². The van der Waals surface area contributed by atoms with E-state index in [4.69, 9.17) is 0 Å². The molecule has 1 fully saturated rings. The smallest absolute Gasteiger partial charge is 0.244 e. The Kier molecular flexibility index (Phi) is 2.92. The summed E-state index contributed by atoms with van der Waals surface area (Å²) in [6.45, 7) is 3.59. The van der Waals surface area contributed by atoms with Crippen LogP contribution in [-0.2, 0) is 14.8 Å². The Labute approximate surface area is 99.0 Å². The first-order valence-electron chi connectivity index (χ1n) is 5.21. The lowest BCUT2D eigenvalue weighted by Crippen LogP contribution is -2.36. The molecule has 1 aromatic rings. The van der Waals surface area contributed by atoms with E-state index in [1.807, 2.05) is 0 Å². The highest BCUT2D eigenvalue weighted by Crippen LogP contribution is 2.17. The lowest BCUT2D eigenvalue weighted by molar-refractivity contribution is -0.119. The van der Waals surface area contributed by atoms with E-state index in [-0.39, 0.29) is 23.3 Å². The molecular weight excluding hydrogens is 244 g/mol. The predicted molar refractivity (Wildman–Crippen MR) is 59.8 cm³/mol. The fraction of sp³-hybridized carbons (Fsp3) is 0.556. The number of nitrogens with zero attached hydrogens (tertiary/aromatic N) is 1. The van der Waals surface area contributed by atoms with Crippen molar-refractivity contribution in [3.8, 4) is 0 Å². The Morgan fingerprint density at radius 1 is 1.41 bits per heavy atom. The summed E-state index contributed by atoms with van der Waals surface area (Å²) in [6.07, 6.45) is 0.176. The molecule has 2 heterocycles.